The van der Waals surface area contributed by atoms with Crippen LogP contribution in [0.5, 0.6) is 5.75 Å². The first-order chi connectivity index (χ1) is 13.3. The Bertz CT molecular complexity index is 1030. The maximum Gasteiger partial charge on any atom is 0.324 e. The minimum atomic E-state index is -1.21. The number of anilines is 1. The first-order valence-corrected chi connectivity index (χ1v) is 7.58. The number of phenolic OH excluding ortho intramolecular Hbond substituents is 1. The quantitative estimate of drug-likeness (QED) is 0.502. The Morgan fingerprint density at radius 2 is 1.50 bits per heavy atom. The summed E-state index contributed by atoms with van der Waals surface area (Å²) in [6.07, 6.45) is 1.81. The lowest BCUT2D eigenvalue weighted by Gasteiger charge is -2.02. The van der Waals surface area contributed by atoms with Crippen molar-refractivity contribution >= 4 is 33.7 Å². The van der Waals surface area contributed by atoms with Gasteiger partial charge in [-0.05, 0) is 12.1 Å². The average molecular weight is 387 g/mol. The second kappa shape index (κ2) is 8.35. The van der Waals surface area contributed by atoms with Crippen molar-refractivity contribution in [2.24, 2.45) is 0 Å². The van der Waals surface area contributed by atoms with Crippen molar-refractivity contribution in [1.29, 1.82) is 0 Å². The second-order valence-corrected chi connectivity index (χ2v) is 5.23. The molecular formula is C16H13N5O7. The van der Waals surface area contributed by atoms with Gasteiger partial charge in [0.05, 0.1) is 38.1 Å². The zero-order valence-corrected chi connectivity index (χ0v) is 14.3. The van der Waals surface area contributed by atoms with Crippen molar-refractivity contribution in [2.75, 3.05) is 12.4 Å². The van der Waals surface area contributed by atoms with Gasteiger partial charge < -0.3 is 10.4 Å². The van der Waals surface area contributed by atoms with Crippen LogP contribution in [0.4, 0.5) is 22.7 Å². The number of pyridine rings is 1. The molecule has 28 heavy (non-hydrogen) atoms. The molecule has 1 heterocycles. The van der Waals surface area contributed by atoms with Crippen molar-refractivity contribution < 1.29 is 19.9 Å². The SMILES string of the molecule is CNc1cccc2cccnc12.O=[N+]([O-])c1cc([N+](=O)[O-])c(O)c([N+](=O)[O-])c1. The zero-order chi connectivity index (χ0) is 20.8. The Morgan fingerprint density at radius 3 is 2.00 bits per heavy atom. The molecule has 0 radical (unpaired) electrons. The maximum atomic E-state index is 10.4. The van der Waals surface area contributed by atoms with Gasteiger partial charge in [-0.3, -0.25) is 35.3 Å². The summed E-state index contributed by atoms with van der Waals surface area (Å²) in [5.74, 6) is -1.21. The van der Waals surface area contributed by atoms with E-state index in [9.17, 15) is 30.3 Å². The van der Waals surface area contributed by atoms with Gasteiger partial charge >= 0.3 is 11.4 Å². The van der Waals surface area contributed by atoms with Gasteiger partial charge in [-0.25, -0.2) is 0 Å². The summed E-state index contributed by atoms with van der Waals surface area (Å²) in [7, 11) is 1.91. The fraction of sp³-hybridized carbons (Fsp3) is 0.0625. The molecular weight excluding hydrogens is 374 g/mol. The third-order valence-electron chi connectivity index (χ3n) is 3.56. The van der Waals surface area contributed by atoms with Crippen LogP contribution in [0, 0.1) is 30.3 Å². The minimum Gasteiger partial charge on any atom is -0.497 e. The minimum absolute atomic E-state index is 0.447. The molecule has 0 aliphatic rings. The van der Waals surface area contributed by atoms with Gasteiger partial charge in [-0.1, -0.05) is 18.2 Å². The predicted molar refractivity (Wildman–Crippen MR) is 99.4 cm³/mol. The molecule has 0 atom stereocenters. The molecule has 0 saturated heterocycles. The summed E-state index contributed by atoms with van der Waals surface area (Å²) < 4.78 is 0. The van der Waals surface area contributed by atoms with Gasteiger partial charge in [-0.2, -0.15) is 0 Å². The monoisotopic (exact) mass is 387 g/mol. The maximum absolute atomic E-state index is 10.4. The molecule has 0 saturated carbocycles. The van der Waals surface area contributed by atoms with E-state index in [-0.39, 0.29) is 0 Å². The fourth-order valence-corrected chi connectivity index (χ4v) is 2.28. The lowest BCUT2D eigenvalue weighted by Crippen LogP contribution is -1.97. The normalized spacial score (nSPS) is 9.89. The number of non-ortho nitro benzene ring substituents is 1. The molecule has 0 amide bonds. The van der Waals surface area contributed by atoms with Crippen LogP contribution in [0.15, 0.2) is 48.7 Å². The molecule has 1 aromatic heterocycles. The molecule has 2 aromatic carbocycles. The molecule has 12 nitrogen and oxygen atoms in total. The number of aromatic hydroxyl groups is 1. The molecule has 0 fully saturated rings. The van der Waals surface area contributed by atoms with Gasteiger partial charge in [-0.15, -0.1) is 0 Å². The van der Waals surface area contributed by atoms with Crippen molar-refractivity contribution in [2.45, 2.75) is 0 Å². The van der Waals surface area contributed by atoms with Gasteiger partial charge in [0.15, 0.2) is 0 Å². The molecule has 3 aromatic rings. The molecule has 2 N–H and O–H groups in total. The van der Waals surface area contributed by atoms with Crippen molar-refractivity contribution in [3.05, 3.63) is 79.0 Å². The van der Waals surface area contributed by atoms with E-state index < -0.39 is 37.6 Å². The number of aromatic nitrogens is 1. The second-order valence-electron chi connectivity index (χ2n) is 5.23. The lowest BCUT2D eigenvalue weighted by molar-refractivity contribution is -0.404. The van der Waals surface area contributed by atoms with Crippen molar-refractivity contribution in [3.63, 3.8) is 0 Å². The van der Waals surface area contributed by atoms with Crippen LogP contribution in [0.2, 0.25) is 0 Å². The first kappa shape index (κ1) is 20.0. The van der Waals surface area contributed by atoms with E-state index in [1.165, 1.54) is 5.39 Å². The van der Waals surface area contributed by atoms with E-state index in [0.717, 1.165) is 11.2 Å². The summed E-state index contributed by atoms with van der Waals surface area (Å²) >= 11 is 0. The highest BCUT2D eigenvalue weighted by Crippen LogP contribution is 2.38. The summed E-state index contributed by atoms with van der Waals surface area (Å²) in [5.41, 5.74) is -0.895. The molecule has 12 heteroatoms. The van der Waals surface area contributed by atoms with E-state index in [1.54, 1.807) is 0 Å². The van der Waals surface area contributed by atoms with E-state index in [2.05, 4.69) is 22.4 Å². The number of benzene rings is 2. The van der Waals surface area contributed by atoms with E-state index >= 15 is 0 Å². The fourth-order valence-electron chi connectivity index (χ4n) is 2.28. The van der Waals surface area contributed by atoms with Crippen LogP contribution in [0.3, 0.4) is 0 Å². The zero-order valence-electron chi connectivity index (χ0n) is 14.3. The summed E-state index contributed by atoms with van der Waals surface area (Å²) in [6.45, 7) is 0. The van der Waals surface area contributed by atoms with Crippen LogP contribution in [-0.2, 0) is 0 Å². The van der Waals surface area contributed by atoms with E-state index in [1.807, 2.05) is 31.4 Å². The van der Waals surface area contributed by atoms with Crippen LogP contribution in [0.1, 0.15) is 0 Å². The highest BCUT2D eigenvalue weighted by Gasteiger charge is 2.30. The lowest BCUT2D eigenvalue weighted by atomic mass is 10.2. The average Bonchev–Trinajstić information content (AvgIpc) is 2.67. The molecule has 0 spiro atoms. The van der Waals surface area contributed by atoms with E-state index in [4.69, 9.17) is 5.11 Å². The summed E-state index contributed by atoms with van der Waals surface area (Å²) in [5, 5.41) is 44.5. The number of nitrogens with one attached hydrogen (secondary N) is 1. The number of rotatable bonds is 4. The molecule has 0 aliphatic heterocycles. The number of para-hydroxylation sites is 1. The Kier molecular flexibility index (Phi) is 5.96. The standard InChI is InChI=1S/C10H10N2.C6H3N3O7/c1-11-9-6-2-4-8-5-3-7-12-10(8)9;10-6-4(8(13)14)1-3(7(11)12)2-5(6)9(15)16/h2-7,11H,1H3;1-2,10H. The number of hydrogen-bond acceptors (Lipinski definition) is 9. The van der Waals surface area contributed by atoms with Crippen LogP contribution < -0.4 is 5.32 Å². The smallest absolute Gasteiger partial charge is 0.324 e. The Balaban J connectivity index is 0.000000207. The summed E-state index contributed by atoms with van der Waals surface area (Å²) in [6, 6.07) is 11.0. The van der Waals surface area contributed by atoms with Crippen LogP contribution in [-0.4, -0.2) is 31.9 Å². The topological polar surface area (TPSA) is 175 Å². The highest BCUT2D eigenvalue weighted by molar-refractivity contribution is 5.89. The molecule has 3 rings (SSSR count). The van der Waals surface area contributed by atoms with Crippen molar-refractivity contribution in [3.8, 4) is 5.75 Å². The number of nitro groups is 3. The number of nitrogens with zero attached hydrogens (tertiary/aromatic N) is 4. The molecule has 0 unspecified atom stereocenters. The third kappa shape index (κ3) is 4.24. The van der Waals surface area contributed by atoms with Crippen LogP contribution in [0.25, 0.3) is 10.9 Å². The van der Waals surface area contributed by atoms with Gasteiger partial charge in [0, 0.05) is 18.6 Å². The molecule has 0 bridgehead atoms. The largest absolute Gasteiger partial charge is 0.497 e. The Hall–Kier alpha value is -4.35. The highest BCUT2D eigenvalue weighted by atomic mass is 16.6. The summed E-state index contributed by atoms with van der Waals surface area (Å²) in [4.78, 5) is 32.1. The van der Waals surface area contributed by atoms with Gasteiger partial charge in [0.25, 0.3) is 11.4 Å². The number of fused-ring (bicyclic) bond motifs is 1. The predicted octanol–water partition coefficient (Wildman–Crippen LogP) is 3.39. The Labute approximate surface area is 156 Å². The number of hydrogen-bond donors (Lipinski definition) is 2. The number of nitro benzene ring substituents is 3. The Morgan fingerprint density at radius 1 is 0.929 bits per heavy atom. The third-order valence-corrected chi connectivity index (χ3v) is 3.56. The van der Waals surface area contributed by atoms with Gasteiger partial charge in [0.2, 0.25) is 0 Å². The van der Waals surface area contributed by atoms with E-state index in [0.29, 0.717) is 12.1 Å². The first-order valence-electron chi connectivity index (χ1n) is 7.58. The molecule has 144 valence electrons. The number of phenols is 1. The molecule has 0 aliphatic carbocycles. The van der Waals surface area contributed by atoms with Crippen LogP contribution >= 0.6 is 0 Å². The van der Waals surface area contributed by atoms with Gasteiger partial charge in [0.1, 0.15) is 0 Å². The van der Waals surface area contributed by atoms with Crippen molar-refractivity contribution in [1.82, 2.24) is 4.98 Å².